The number of ether oxygens (including phenoxy) is 3. The van der Waals surface area contributed by atoms with E-state index >= 15 is 0 Å². The molecule has 31 heavy (non-hydrogen) atoms. The first-order valence-corrected chi connectivity index (χ1v) is 11.2. The number of hydrogen-bond donors (Lipinski definition) is 2. The molecule has 0 bridgehead atoms. The van der Waals surface area contributed by atoms with Crippen LogP contribution < -0.4 is 25.6 Å². The number of carbonyl (C=O) groups is 1. The molecule has 3 aliphatic heterocycles. The Hall–Kier alpha value is -2.14. The molecule has 0 spiro atoms. The lowest BCUT2D eigenvalue weighted by Crippen LogP contribution is -2.69. The zero-order chi connectivity index (χ0) is 22.0. The summed E-state index contributed by atoms with van der Waals surface area (Å²) in [5.41, 5.74) is 6.99. The molecule has 0 radical (unpaired) electrons. The Bertz CT molecular complexity index is 834. The third-order valence-corrected chi connectivity index (χ3v) is 6.61. The number of nitrogens with one attached hydrogen (secondary N) is 1. The van der Waals surface area contributed by atoms with Gasteiger partial charge in [0.2, 0.25) is 0 Å². The van der Waals surface area contributed by atoms with Gasteiger partial charge in [0.05, 0.1) is 31.1 Å². The summed E-state index contributed by atoms with van der Waals surface area (Å²) in [6, 6.07) is 5.74. The molecule has 2 fully saturated rings. The van der Waals surface area contributed by atoms with Gasteiger partial charge in [0, 0.05) is 39.3 Å². The highest BCUT2D eigenvalue weighted by atomic mass is 32.1. The minimum absolute atomic E-state index is 0.119. The zero-order valence-corrected chi connectivity index (χ0v) is 19.0. The van der Waals surface area contributed by atoms with Crippen LogP contribution in [0.1, 0.15) is 13.3 Å². The molecule has 10 heteroatoms. The molecule has 2 saturated heterocycles. The molecule has 0 aromatic heterocycles. The van der Waals surface area contributed by atoms with Gasteiger partial charge in [0.1, 0.15) is 17.3 Å². The predicted molar refractivity (Wildman–Crippen MR) is 123 cm³/mol. The lowest BCUT2D eigenvalue weighted by molar-refractivity contribution is -0.0612. The number of benzene rings is 1. The number of cyclic esters (lactones) is 1. The van der Waals surface area contributed by atoms with Crippen LogP contribution >= 0.6 is 12.2 Å². The van der Waals surface area contributed by atoms with Crippen LogP contribution in [0.2, 0.25) is 0 Å². The molecule has 3 N–H and O–H groups in total. The summed E-state index contributed by atoms with van der Waals surface area (Å²) >= 11 is 5.84. The van der Waals surface area contributed by atoms with Crippen molar-refractivity contribution in [2.45, 2.75) is 25.1 Å². The maximum Gasteiger partial charge on any atom is 0.417 e. The number of fused-ring (bicyclic) bond motifs is 1. The van der Waals surface area contributed by atoms with E-state index in [0.717, 1.165) is 24.4 Å². The van der Waals surface area contributed by atoms with Crippen molar-refractivity contribution in [3.63, 3.8) is 0 Å². The van der Waals surface area contributed by atoms with Gasteiger partial charge in [-0.1, -0.05) is 19.1 Å². The van der Waals surface area contributed by atoms with E-state index in [9.17, 15) is 4.79 Å². The van der Waals surface area contributed by atoms with Crippen molar-refractivity contribution in [3.05, 3.63) is 18.2 Å². The molecule has 1 unspecified atom stereocenters. The lowest BCUT2D eigenvalue weighted by Gasteiger charge is -2.43. The Kier molecular flexibility index (Phi) is 6.52. The van der Waals surface area contributed by atoms with Crippen LogP contribution in [0.15, 0.2) is 18.2 Å². The number of likely N-dealkylation sites (N-methyl/N-ethyl adjacent to an activating group) is 1. The summed E-state index contributed by atoms with van der Waals surface area (Å²) in [6.45, 7) is 6.71. The smallest absolute Gasteiger partial charge is 0.417 e. The Morgan fingerprint density at radius 2 is 2.06 bits per heavy atom. The summed E-state index contributed by atoms with van der Waals surface area (Å²) < 4.78 is 17.3. The van der Waals surface area contributed by atoms with Crippen LogP contribution in [-0.2, 0) is 9.47 Å². The third kappa shape index (κ3) is 3.82. The van der Waals surface area contributed by atoms with Crippen LogP contribution in [0.5, 0.6) is 5.75 Å². The van der Waals surface area contributed by atoms with Crippen LogP contribution in [0.25, 0.3) is 0 Å². The van der Waals surface area contributed by atoms with Crippen molar-refractivity contribution in [3.8, 4) is 5.75 Å². The van der Waals surface area contributed by atoms with Crippen LogP contribution in [0.4, 0.5) is 16.2 Å². The standard InChI is InChI=1S/C21H31N5O4S/c1-3-6-23-18(31)21(14-22)19(25-8-10-28-11-9-25)30-20(27)26(21)15-4-5-16-17(13-15)29-12-7-24(16)2/h4-5,13,19H,3,6-12,14,22H2,1-2H3,(H,23,31)/t19-,21?/m0/s1. The molecule has 4 rings (SSSR count). The number of nitrogens with zero attached hydrogens (tertiary/aromatic N) is 3. The van der Waals surface area contributed by atoms with Crippen molar-refractivity contribution in [1.82, 2.24) is 10.2 Å². The fourth-order valence-electron chi connectivity index (χ4n) is 4.42. The fraction of sp³-hybridized carbons (Fsp3) is 0.619. The monoisotopic (exact) mass is 449 g/mol. The van der Waals surface area contributed by atoms with Gasteiger partial charge in [-0.2, -0.15) is 0 Å². The first kappa shape index (κ1) is 22.1. The molecule has 1 aromatic carbocycles. The minimum Gasteiger partial charge on any atom is -0.489 e. The van der Waals surface area contributed by atoms with Gasteiger partial charge in [-0.15, -0.1) is 0 Å². The summed E-state index contributed by atoms with van der Waals surface area (Å²) in [5.74, 6) is 0.729. The minimum atomic E-state index is -1.03. The molecule has 3 aliphatic rings. The molecular formula is C21H31N5O4S. The maximum absolute atomic E-state index is 13.3. The van der Waals surface area contributed by atoms with Crippen molar-refractivity contribution in [1.29, 1.82) is 0 Å². The number of anilines is 2. The molecular weight excluding hydrogens is 418 g/mol. The third-order valence-electron chi connectivity index (χ3n) is 6.12. The van der Waals surface area contributed by atoms with Crippen molar-refractivity contribution in [2.75, 3.05) is 69.4 Å². The molecule has 3 heterocycles. The van der Waals surface area contributed by atoms with E-state index in [1.54, 1.807) is 4.90 Å². The van der Waals surface area contributed by atoms with Gasteiger partial charge in [-0.25, -0.2) is 4.79 Å². The highest BCUT2D eigenvalue weighted by Crippen LogP contribution is 2.41. The summed E-state index contributed by atoms with van der Waals surface area (Å²) in [5, 5.41) is 3.30. The topological polar surface area (TPSA) is 92.5 Å². The van der Waals surface area contributed by atoms with E-state index < -0.39 is 17.9 Å². The van der Waals surface area contributed by atoms with Crippen LogP contribution in [0, 0.1) is 0 Å². The Balaban J connectivity index is 1.77. The SMILES string of the molecule is CCCNC(=S)C1(CN)[C@@H](N2CCOCC2)OC(=O)N1c1ccc2c(c1)OCCN2C. The van der Waals surface area contributed by atoms with Crippen LogP contribution in [0.3, 0.4) is 0 Å². The number of carbonyl (C=O) groups excluding carboxylic acids is 1. The number of thiocarbonyl (C=S) groups is 1. The summed E-state index contributed by atoms with van der Waals surface area (Å²) in [6.07, 6.45) is -0.173. The fourth-order valence-corrected chi connectivity index (χ4v) is 4.80. The van der Waals surface area contributed by atoms with Gasteiger partial charge in [-0.05, 0) is 18.6 Å². The molecule has 170 valence electrons. The normalized spacial score (nSPS) is 26.3. The highest BCUT2D eigenvalue weighted by Gasteiger charge is 2.60. The van der Waals surface area contributed by atoms with E-state index in [2.05, 4.69) is 22.0 Å². The van der Waals surface area contributed by atoms with E-state index in [-0.39, 0.29) is 6.54 Å². The van der Waals surface area contributed by atoms with Crippen LogP contribution in [-0.4, -0.2) is 87.3 Å². The Labute approximate surface area is 188 Å². The molecule has 1 amide bonds. The second-order valence-electron chi connectivity index (χ2n) is 8.03. The van der Waals surface area contributed by atoms with Crippen molar-refractivity contribution >= 4 is 34.7 Å². The Morgan fingerprint density at radius 3 is 2.77 bits per heavy atom. The highest BCUT2D eigenvalue weighted by molar-refractivity contribution is 7.80. The molecule has 9 nitrogen and oxygen atoms in total. The van der Waals surface area contributed by atoms with Crippen molar-refractivity contribution < 1.29 is 19.0 Å². The summed E-state index contributed by atoms with van der Waals surface area (Å²) in [7, 11) is 2.02. The van der Waals surface area contributed by atoms with Crippen molar-refractivity contribution in [2.24, 2.45) is 5.73 Å². The number of hydrogen-bond acceptors (Lipinski definition) is 8. The summed E-state index contributed by atoms with van der Waals surface area (Å²) in [4.78, 5) is 19.6. The number of rotatable bonds is 6. The predicted octanol–water partition coefficient (Wildman–Crippen LogP) is 1.15. The largest absolute Gasteiger partial charge is 0.489 e. The van der Waals surface area contributed by atoms with Gasteiger partial charge in [0.25, 0.3) is 0 Å². The average Bonchev–Trinajstić information content (AvgIpc) is 3.11. The first-order chi connectivity index (χ1) is 15.0. The van der Waals surface area contributed by atoms with Gasteiger partial charge in [-0.3, -0.25) is 9.80 Å². The molecule has 0 aliphatic carbocycles. The number of nitrogens with two attached hydrogens (primary N) is 1. The quantitative estimate of drug-likeness (QED) is 0.621. The van der Waals surface area contributed by atoms with Gasteiger partial charge < -0.3 is 30.2 Å². The number of amides is 1. The number of morpholine rings is 1. The average molecular weight is 450 g/mol. The second-order valence-corrected chi connectivity index (χ2v) is 8.43. The van der Waals surface area contributed by atoms with E-state index in [1.807, 2.05) is 25.2 Å². The molecule has 1 aromatic rings. The Morgan fingerprint density at radius 1 is 1.29 bits per heavy atom. The molecule has 0 saturated carbocycles. The van der Waals surface area contributed by atoms with Gasteiger partial charge in [0.15, 0.2) is 11.8 Å². The van der Waals surface area contributed by atoms with E-state index in [1.165, 1.54) is 0 Å². The maximum atomic E-state index is 13.3. The second kappa shape index (κ2) is 9.15. The van der Waals surface area contributed by atoms with Gasteiger partial charge >= 0.3 is 6.09 Å². The first-order valence-electron chi connectivity index (χ1n) is 10.8. The lowest BCUT2D eigenvalue weighted by atomic mass is 9.93. The van der Waals surface area contributed by atoms with E-state index in [0.29, 0.717) is 50.1 Å². The zero-order valence-electron chi connectivity index (χ0n) is 18.1. The molecule has 2 atom stereocenters. The van der Waals surface area contributed by atoms with E-state index in [4.69, 9.17) is 32.2 Å².